The van der Waals surface area contributed by atoms with Gasteiger partial charge in [0.2, 0.25) is 5.91 Å². The summed E-state index contributed by atoms with van der Waals surface area (Å²) in [7, 11) is -1.18. The Morgan fingerprint density at radius 1 is 1.60 bits per heavy atom. The molecule has 7 nitrogen and oxygen atoms in total. The number of hydrogen-bond donors (Lipinski definition) is 2. The number of sulfone groups is 1. The minimum absolute atomic E-state index is 0.0341. The van der Waals surface area contributed by atoms with Gasteiger partial charge in [0.1, 0.15) is 0 Å². The molecule has 2 rings (SSSR count). The Labute approximate surface area is 118 Å². The summed E-state index contributed by atoms with van der Waals surface area (Å²) in [4.78, 5) is 11.8. The monoisotopic (exact) mass is 300 g/mol. The van der Waals surface area contributed by atoms with E-state index in [1.807, 2.05) is 20.2 Å². The highest BCUT2D eigenvalue weighted by Gasteiger charge is 2.25. The standard InChI is InChI=1S/C12H20N4O3S/c1-9-10(7-16(2)15-9)6-14-12(17)5-11-8-20(18,19)4-3-13-11/h7,11,13H,3-6,8H2,1-2H3,(H,14,17). The zero-order valence-electron chi connectivity index (χ0n) is 11.7. The molecule has 1 aliphatic heterocycles. The fourth-order valence-electron chi connectivity index (χ4n) is 2.31. The van der Waals surface area contributed by atoms with Crippen LogP contribution in [0.3, 0.4) is 0 Å². The molecule has 1 aromatic heterocycles. The van der Waals surface area contributed by atoms with Crippen molar-refractivity contribution in [3.05, 3.63) is 17.5 Å². The Hall–Kier alpha value is -1.41. The number of aromatic nitrogens is 2. The molecule has 2 heterocycles. The van der Waals surface area contributed by atoms with Gasteiger partial charge in [-0.25, -0.2) is 8.42 Å². The molecule has 0 aromatic carbocycles. The lowest BCUT2D eigenvalue weighted by Gasteiger charge is -2.23. The highest BCUT2D eigenvalue weighted by Crippen LogP contribution is 2.06. The maximum Gasteiger partial charge on any atom is 0.221 e. The van der Waals surface area contributed by atoms with Gasteiger partial charge in [-0.3, -0.25) is 9.48 Å². The fraction of sp³-hybridized carbons (Fsp3) is 0.667. The Kier molecular flexibility index (Phi) is 4.44. The number of nitrogens with zero attached hydrogens (tertiary/aromatic N) is 2. The molecule has 20 heavy (non-hydrogen) atoms. The average Bonchev–Trinajstić information content (AvgIpc) is 2.64. The molecule has 2 N–H and O–H groups in total. The van der Waals surface area contributed by atoms with Crippen LogP contribution in [0.25, 0.3) is 0 Å². The maximum absolute atomic E-state index is 11.8. The van der Waals surface area contributed by atoms with Crippen molar-refractivity contribution in [2.24, 2.45) is 7.05 Å². The summed E-state index contributed by atoms with van der Waals surface area (Å²) in [6, 6.07) is -0.288. The lowest BCUT2D eigenvalue weighted by atomic mass is 10.2. The van der Waals surface area contributed by atoms with E-state index in [1.165, 1.54) is 0 Å². The molecule has 0 bridgehead atoms. The van der Waals surface area contributed by atoms with Crippen molar-refractivity contribution >= 4 is 15.7 Å². The molecule has 0 saturated carbocycles. The highest BCUT2D eigenvalue weighted by atomic mass is 32.2. The second-order valence-electron chi connectivity index (χ2n) is 5.16. The van der Waals surface area contributed by atoms with E-state index < -0.39 is 9.84 Å². The van der Waals surface area contributed by atoms with Crippen LogP contribution in [0.15, 0.2) is 6.20 Å². The predicted molar refractivity (Wildman–Crippen MR) is 74.9 cm³/mol. The van der Waals surface area contributed by atoms with Crippen LogP contribution in [0.5, 0.6) is 0 Å². The molecular weight excluding hydrogens is 280 g/mol. The third kappa shape index (κ3) is 4.04. The fourth-order valence-corrected chi connectivity index (χ4v) is 3.75. The van der Waals surface area contributed by atoms with Crippen molar-refractivity contribution in [2.75, 3.05) is 18.1 Å². The van der Waals surface area contributed by atoms with E-state index in [2.05, 4.69) is 15.7 Å². The normalized spacial score (nSPS) is 21.6. The van der Waals surface area contributed by atoms with E-state index in [1.54, 1.807) is 4.68 Å². The van der Waals surface area contributed by atoms with Crippen LogP contribution >= 0.6 is 0 Å². The molecule has 112 valence electrons. The molecule has 0 aliphatic carbocycles. The highest BCUT2D eigenvalue weighted by molar-refractivity contribution is 7.91. The van der Waals surface area contributed by atoms with Crippen molar-refractivity contribution in [3.8, 4) is 0 Å². The summed E-state index contributed by atoms with van der Waals surface area (Å²) < 4.78 is 24.7. The number of nitrogens with one attached hydrogen (secondary N) is 2. The van der Waals surface area contributed by atoms with Crippen molar-refractivity contribution in [1.82, 2.24) is 20.4 Å². The summed E-state index contributed by atoms with van der Waals surface area (Å²) in [5.41, 5.74) is 1.84. The molecule has 8 heteroatoms. The van der Waals surface area contributed by atoms with Crippen molar-refractivity contribution in [2.45, 2.75) is 25.9 Å². The Morgan fingerprint density at radius 3 is 2.95 bits per heavy atom. The smallest absolute Gasteiger partial charge is 0.221 e. The molecule has 1 unspecified atom stereocenters. The molecule has 1 aromatic rings. The van der Waals surface area contributed by atoms with Crippen LogP contribution in [0.1, 0.15) is 17.7 Å². The van der Waals surface area contributed by atoms with Gasteiger partial charge < -0.3 is 10.6 Å². The number of carbonyl (C=O) groups excluding carboxylic acids is 1. The van der Waals surface area contributed by atoms with Crippen LogP contribution in [-0.4, -0.2) is 48.2 Å². The second-order valence-corrected chi connectivity index (χ2v) is 7.39. The first kappa shape index (κ1) is 15.0. The van der Waals surface area contributed by atoms with Crippen LogP contribution in [-0.2, 0) is 28.2 Å². The Bertz CT molecular complexity index is 594. The van der Waals surface area contributed by atoms with E-state index in [0.717, 1.165) is 11.3 Å². The van der Waals surface area contributed by atoms with Crippen LogP contribution < -0.4 is 10.6 Å². The molecule has 0 radical (unpaired) electrons. The summed E-state index contributed by atoms with van der Waals surface area (Å²) in [5.74, 6) is 0.0367. The molecule has 1 atom stereocenters. The van der Waals surface area contributed by atoms with Gasteiger partial charge in [0, 0.05) is 44.4 Å². The van der Waals surface area contributed by atoms with Gasteiger partial charge in [0.25, 0.3) is 0 Å². The number of carbonyl (C=O) groups is 1. The van der Waals surface area contributed by atoms with Gasteiger partial charge >= 0.3 is 0 Å². The largest absolute Gasteiger partial charge is 0.352 e. The number of amides is 1. The van der Waals surface area contributed by atoms with Crippen molar-refractivity contribution in [3.63, 3.8) is 0 Å². The zero-order chi connectivity index (χ0) is 14.8. The SMILES string of the molecule is Cc1nn(C)cc1CNC(=O)CC1CS(=O)(=O)CCN1. The van der Waals surface area contributed by atoms with Crippen LogP contribution in [0, 0.1) is 6.92 Å². The van der Waals surface area contributed by atoms with Gasteiger partial charge in [-0.2, -0.15) is 5.10 Å². The topological polar surface area (TPSA) is 93.1 Å². The average molecular weight is 300 g/mol. The Balaban J connectivity index is 1.82. The quantitative estimate of drug-likeness (QED) is 0.753. The number of rotatable bonds is 4. The molecule has 1 fully saturated rings. The third-order valence-corrected chi connectivity index (χ3v) is 5.06. The van der Waals surface area contributed by atoms with Crippen molar-refractivity contribution in [1.29, 1.82) is 0 Å². The summed E-state index contributed by atoms with van der Waals surface area (Å²) in [6.45, 7) is 2.72. The van der Waals surface area contributed by atoms with Crippen molar-refractivity contribution < 1.29 is 13.2 Å². The third-order valence-electron chi connectivity index (χ3n) is 3.32. The minimum Gasteiger partial charge on any atom is -0.352 e. The summed E-state index contributed by atoms with van der Waals surface area (Å²) in [5, 5.41) is 10.1. The van der Waals surface area contributed by atoms with Gasteiger partial charge in [-0.1, -0.05) is 0 Å². The van der Waals surface area contributed by atoms with Gasteiger partial charge in [0.15, 0.2) is 9.84 Å². The van der Waals surface area contributed by atoms with Gasteiger partial charge in [-0.05, 0) is 6.92 Å². The van der Waals surface area contributed by atoms with Gasteiger partial charge in [-0.15, -0.1) is 0 Å². The zero-order valence-corrected chi connectivity index (χ0v) is 12.5. The molecule has 1 saturated heterocycles. The summed E-state index contributed by atoms with van der Waals surface area (Å²) >= 11 is 0. The van der Waals surface area contributed by atoms with E-state index in [4.69, 9.17) is 0 Å². The van der Waals surface area contributed by atoms with Crippen LogP contribution in [0.2, 0.25) is 0 Å². The predicted octanol–water partition coefficient (Wildman–Crippen LogP) is -0.879. The second kappa shape index (κ2) is 5.92. The molecule has 1 amide bonds. The maximum atomic E-state index is 11.8. The minimum atomic E-state index is -3.00. The first-order valence-corrected chi connectivity index (χ1v) is 8.37. The van der Waals surface area contributed by atoms with E-state index in [-0.39, 0.29) is 29.9 Å². The lowest BCUT2D eigenvalue weighted by molar-refractivity contribution is -0.121. The van der Waals surface area contributed by atoms with E-state index in [9.17, 15) is 13.2 Å². The van der Waals surface area contributed by atoms with E-state index in [0.29, 0.717) is 13.1 Å². The molecular formula is C12H20N4O3S. The first-order valence-electron chi connectivity index (χ1n) is 6.55. The molecule has 0 spiro atoms. The van der Waals surface area contributed by atoms with Gasteiger partial charge in [0.05, 0.1) is 17.2 Å². The first-order chi connectivity index (χ1) is 9.35. The van der Waals surface area contributed by atoms with Crippen LogP contribution in [0.4, 0.5) is 0 Å². The van der Waals surface area contributed by atoms with E-state index >= 15 is 0 Å². The number of hydrogen-bond acceptors (Lipinski definition) is 5. The summed E-state index contributed by atoms with van der Waals surface area (Å²) in [6.07, 6.45) is 2.04. The molecule has 1 aliphatic rings. The Morgan fingerprint density at radius 2 is 2.35 bits per heavy atom. The number of aryl methyl sites for hydroxylation is 2. The lowest BCUT2D eigenvalue weighted by Crippen LogP contribution is -2.47.